The molecule has 0 saturated heterocycles. The maximum atomic E-state index is 12.6. The summed E-state index contributed by atoms with van der Waals surface area (Å²) in [6, 6.07) is 1.39. The van der Waals surface area contributed by atoms with Gasteiger partial charge in [-0.25, -0.2) is 4.79 Å². The predicted octanol–water partition coefficient (Wildman–Crippen LogP) is 6.86. The average molecular weight is 550 g/mol. The minimum atomic E-state index is -5.53. The Morgan fingerprint density at radius 2 is 0.778 bits per heavy atom. The zero-order chi connectivity index (χ0) is 27.5. The molecule has 0 saturated carbocycles. The largest absolute Gasteiger partial charge is 0.573 e. The van der Waals surface area contributed by atoms with Gasteiger partial charge in [0, 0.05) is 12.1 Å². The molecule has 0 atom stereocenters. The van der Waals surface area contributed by atoms with Gasteiger partial charge in [-0.3, -0.25) is 0 Å². The van der Waals surface area contributed by atoms with Crippen molar-refractivity contribution in [2.45, 2.75) is 25.4 Å². The Labute approximate surface area is 189 Å². The maximum Gasteiger partial charge on any atom is 0.573 e. The number of alkyl halides is 12. The molecule has 0 aliphatic carbocycles. The molecule has 0 aliphatic heterocycles. The molecular formula is C17H6F12O7. The zero-order valence-corrected chi connectivity index (χ0v) is 16.4. The van der Waals surface area contributed by atoms with Crippen LogP contribution in [-0.2, 0) is 0 Å². The van der Waals surface area contributed by atoms with Crippen molar-refractivity contribution in [2.75, 3.05) is 0 Å². The lowest BCUT2D eigenvalue weighted by molar-refractivity contribution is -0.278. The lowest BCUT2D eigenvalue weighted by atomic mass is 10.3. The van der Waals surface area contributed by atoms with Gasteiger partial charge in [-0.05, 0) is 24.3 Å². The van der Waals surface area contributed by atoms with Gasteiger partial charge in [-0.15, -0.1) is 52.7 Å². The summed E-state index contributed by atoms with van der Waals surface area (Å²) in [5.41, 5.74) is 0. The van der Waals surface area contributed by atoms with Crippen molar-refractivity contribution in [3.05, 3.63) is 36.4 Å². The van der Waals surface area contributed by atoms with E-state index < -0.39 is 66.1 Å². The molecule has 0 spiro atoms. The summed E-state index contributed by atoms with van der Waals surface area (Å²) < 4.78 is 171. The molecule has 200 valence electrons. The highest BCUT2D eigenvalue weighted by Gasteiger charge is 2.37. The molecule has 0 amide bonds. The van der Waals surface area contributed by atoms with Crippen molar-refractivity contribution >= 4 is 6.16 Å². The van der Waals surface area contributed by atoms with E-state index >= 15 is 0 Å². The van der Waals surface area contributed by atoms with Gasteiger partial charge in [0.05, 0.1) is 0 Å². The lowest BCUT2D eigenvalue weighted by Crippen LogP contribution is -2.22. The topological polar surface area (TPSA) is 72.5 Å². The van der Waals surface area contributed by atoms with Crippen LogP contribution in [-0.4, -0.2) is 31.6 Å². The Bertz CT molecular complexity index is 990. The van der Waals surface area contributed by atoms with Crippen molar-refractivity contribution in [1.29, 1.82) is 0 Å². The van der Waals surface area contributed by atoms with E-state index in [0.29, 0.717) is 24.3 Å². The van der Waals surface area contributed by atoms with Crippen LogP contribution in [0.1, 0.15) is 0 Å². The van der Waals surface area contributed by atoms with Crippen LogP contribution in [0.3, 0.4) is 0 Å². The molecule has 0 N–H and O–H groups in total. The van der Waals surface area contributed by atoms with Crippen molar-refractivity contribution in [3.63, 3.8) is 0 Å². The summed E-state index contributed by atoms with van der Waals surface area (Å²) in [5, 5.41) is 0. The number of rotatable bonds is 6. The van der Waals surface area contributed by atoms with E-state index in [2.05, 4.69) is 28.4 Å². The van der Waals surface area contributed by atoms with Gasteiger partial charge in [0.2, 0.25) is 0 Å². The number of halogens is 12. The number of hydrogen-bond donors (Lipinski definition) is 0. The first-order chi connectivity index (χ1) is 16.2. The zero-order valence-electron chi connectivity index (χ0n) is 16.4. The molecule has 7 nitrogen and oxygen atoms in total. The molecule has 2 rings (SSSR count). The summed E-state index contributed by atoms with van der Waals surface area (Å²) in [6.07, 6.45) is -23.8. The second-order valence-corrected chi connectivity index (χ2v) is 5.86. The summed E-state index contributed by atoms with van der Waals surface area (Å²) in [7, 11) is 0. The molecule has 0 aromatic heterocycles. The van der Waals surface area contributed by atoms with Gasteiger partial charge in [-0.1, -0.05) is 0 Å². The molecule has 0 fully saturated rings. The number of ether oxygens (including phenoxy) is 6. The summed E-state index contributed by atoms with van der Waals surface area (Å²) >= 11 is 0. The van der Waals surface area contributed by atoms with Gasteiger partial charge in [0.25, 0.3) is 0 Å². The molecule has 2 aromatic carbocycles. The highest BCUT2D eigenvalue weighted by molar-refractivity contribution is 5.70. The molecule has 0 unspecified atom stereocenters. The van der Waals surface area contributed by atoms with Crippen molar-refractivity contribution < 1.29 is 85.9 Å². The third kappa shape index (κ3) is 10.1. The quantitative estimate of drug-likeness (QED) is 0.221. The van der Waals surface area contributed by atoms with Crippen LogP contribution < -0.4 is 28.4 Å². The fraction of sp³-hybridized carbons (Fsp3) is 0.235. The van der Waals surface area contributed by atoms with Crippen LogP contribution in [0.4, 0.5) is 57.5 Å². The Balaban J connectivity index is 2.32. The van der Waals surface area contributed by atoms with E-state index in [9.17, 15) is 57.5 Å². The van der Waals surface area contributed by atoms with Crippen LogP contribution in [0.2, 0.25) is 0 Å². The van der Waals surface area contributed by atoms with E-state index in [4.69, 9.17) is 0 Å². The standard InChI is InChI=1S/C17H6F12O7/c18-14(19,20)33-7-1-3-9(11(5-7)35-16(24,25)26)31-13(30)32-10-4-2-8(34-15(21,22)23)6-12(10)36-17(27,28)29/h1-6H. The Kier molecular flexibility index (Phi) is 7.84. The van der Waals surface area contributed by atoms with E-state index in [1.165, 1.54) is 0 Å². The molecular weight excluding hydrogens is 544 g/mol. The van der Waals surface area contributed by atoms with Gasteiger partial charge < -0.3 is 28.4 Å². The highest BCUT2D eigenvalue weighted by atomic mass is 19.4. The lowest BCUT2D eigenvalue weighted by Gasteiger charge is -2.17. The summed E-state index contributed by atoms with van der Waals surface area (Å²) in [5.74, 6) is -8.12. The maximum absolute atomic E-state index is 12.6. The third-order valence-corrected chi connectivity index (χ3v) is 3.14. The van der Waals surface area contributed by atoms with E-state index in [-0.39, 0.29) is 12.1 Å². The number of carbonyl (C=O) groups excluding carboxylic acids is 1. The molecule has 36 heavy (non-hydrogen) atoms. The first-order valence-electron chi connectivity index (χ1n) is 8.40. The normalized spacial score (nSPS) is 12.6. The number of hydrogen-bond acceptors (Lipinski definition) is 7. The molecule has 0 aliphatic rings. The summed E-state index contributed by atoms with van der Waals surface area (Å²) in [4.78, 5) is 11.9. The molecule has 0 radical (unpaired) electrons. The van der Waals surface area contributed by atoms with Gasteiger partial charge in [0.15, 0.2) is 23.0 Å². The SMILES string of the molecule is O=C(Oc1ccc(OC(F)(F)F)cc1OC(F)(F)F)Oc1ccc(OC(F)(F)F)cc1OC(F)(F)F. The fourth-order valence-electron chi connectivity index (χ4n) is 2.15. The molecule has 0 heterocycles. The Morgan fingerprint density at radius 3 is 1.06 bits per heavy atom. The van der Waals surface area contributed by atoms with Crippen molar-refractivity contribution in [3.8, 4) is 34.5 Å². The summed E-state index contributed by atoms with van der Waals surface area (Å²) in [6.45, 7) is 0. The smallest absolute Gasteiger partial charge is 0.406 e. The Hall–Kier alpha value is -3.93. The second-order valence-electron chi connectivity index (χ2n) is 5.86. The molecule has 2 aromatic rings. The van der Waals surface area contributed by atoms with Gasteiger partial charge in [0.1, 0.15) is 11.5 Å². The number of carbonyl (C=O) groups is 1. The van der Waals surface area contributed by atoms with Crippen LogP contribution in [0.5, 0.6) is 34.5 Å². The Morgan fingerprint density at radius 1 is 0.472 bits per heavy atom. The first kappa shape index (κ1) is 28.3. The second kappa shape index (κ2) is 9.97. The highest BCUT2D eigenvalue weighted by Crippen LogP contribution is 2.39. The fourth-order valence-corrected chi connectivity index (χ4v) is 2.15. The van der Waals surface area contributed by atoms with E-state index in [0.717, 1.165) is 0 Å². The van der Waals surface area contributed by atoms with Gasteiger partial charge in [-0.2, -0.15) is 0 Å². The molecule has 19 heteroatoms. The van der Waals surface area contributed by atoms with Crippen LogP contribution in [0.15, 0.2) is 36.4 Å². The minimum absolute atomic E-state index is 0.00502. The number of benzene rings is 2. The molecule has 0 bridgehead atoms. The minimum Gasteiger partial charge on any atom is -0.406 e. The first-order valence-corrected chi connectivity index (χ1v) is 8.40. The van der Waals surface area contributed by atoms with Gasteiger partial charge >= 0.3 is 31.6 Å². The monoisotopic (exact) mass is 550 g/mol. The van der Waals surface area contributed by atoms with Crippen LogP contribution in [0.25, 0.3) is 0 Å². The van der Waals surface area contributed by atoms with E-state index in [1.54, 1.807) is 0 Å². The van der Waals surface area contributed by atoms with Crippen molar-refractivity contribution in [1.82, 2.24) is 0 Å². The third-order valence-electron chi connectivity index (χ3n) is 3.14. The van der Waals surface area contributed by atoms with Crippen LogP contribution >= 0.6 is 0 Å². The predicted molar refractivity (Wildman–Crippen MR) is 86.3 cm³/mol. The van der Waals surface area contributed by atoms with Crippen molar-refractivity contribution in [2.24, 2.45) is 0 Å². The average Bonchev–Trinajstić information content (AvgIpc) is 2.61. The van der Waals surface area contributed by atoms with Crippen LogP contribution in [0, 0.1) is 0 Å². The van der Waals surface area contributed by atoms with E-state index in [1.807, 2.05) is 0 Å².